The maximum atomic E-state index is 12.9. The van der Waals surface area contributed by atoms with Crippen molar-refractivity contribution in [1.29, 1.82) is 0 Å². The van der Waals surface area contributed by atoms with Gasteiger partial charge in [0, 0.05) is 31.7 Å². The van der Waals surface area contributed by atoms with E-state index in [1.54, 1.807) is 50.6 Å². The summed E-state index contributed by atoms with van der Waals surface area (Å²) in [5.41, 5.74) is 0.506. The average Bonchev–Trinajstić information content (AvgIpc) is 3.52. The van der Waals surface area contributed by atoms with E-state index in [9.17, 15) is 13.2 Å². The van der Waals surface area contributed by atoms with Gasteiger partial charge in [0.05, 0.1) is 22.9 Å². The quantitative estimate of drug-likeness (QED) is 0.503. The molecule has 3 aromatic rings. The number of aromatic nitrogens is 3. The number of benzene rings is 2. The van der Waals surface area contributed by atoms with Crippen LogP contribution in [0.5, 0.6) is 17.2 Å². The lowest BCUT2D eigenvalue weighted by Crippen LogP contribution is -2.35. The fourth-order valence-corrected chi connectivity index (χ4v) is 5.81. The van der Waals surface area contributed by atoms with Crippen molar-refractivity contribution in [3.63, 3.8) is 0 Å². The third-order valence-corrected chi connectivity index (χ3v) is 8.25. The zero-order valence-electron chi connectivity index (χ0n) is 19.6. The smallest absolute Gasteiger partial charge is 0.257 e. The summed E-state index contributed by atoms with van der Waals surface area (Å²) in [4.78, 5) is 14.6. The monoisotopic (exact) mass is 498 g/mol. The van der Waals surface area contributed by atoms with Crippen molar-refractivity contribution in [2.45, 2.75) is 41.9 Å². The number of methoxy groups -OCH3 is 1. The number of carbonyl (C=O) groups is 1. The van der Waals surface area contributed by atoms with Crippen LogP contribution in [-0.2, 0) is 28.0 Å². The number of carbonyl (C=O) groups excluding carboxylic acids is 1. The Morgan fingerprint density at radius 3 is 2.63 bits per heavy atom. The molecule has 10 nitrogen and oxygen atoms in total. The van der Waals surface area contributed by atoms with Gasteiger partial charge in [-0.05, 0) is 56.2 Å². The number of fused-ring (bicyclic) bond motifs is 1. The zero-order chi connectivity index (χ0) is 24.8. The van der Waals surface area contributed by atoms with Crippen molar-refractivity contribution in [1.82, 2.24) is 15.0 Å². The summed E-state index contributed by atoms with van der Waals surface area (Å²) in [7, 11) is -0.0292. The van der Waals surface area contributed by atoms with E-state index in [0.29, 0.717) is 54.5 Å². The summed E-state index contributed by atoms with van der Waals surface area (Å²) in [6.07, 6.45) is 3.38. The zero-order valence-corrected chi connectivity index (χ0v) is 20.5. The van der Waals surface area contributed by atoms with E-state index >= 15 is 0 Å². The van der Waals surface area contributed by atoms with Crippen LogP contribution >= 0.6 is 0 Å². The van der Waals surface area contributed by atoms with Gasteiger partial charge in [-0.15, -0.1) is 5.10 Å². The molecular weight excluding hydrogens is 472 g/mol. The predicted molar refractivity (Wildman–Crippen MR) is 127 cm³/mol. The third kappa shape index (κ3) is 4.73. The molecule has 0 bridgehead atoms. The molecule has 11 heteroatoms. The number of aryl methyl sites for hydroxylation is 1. The molecule has 2 heterocycles. The number of nitrogens with one attached hydrogen (secondary N) is 1. The Morgan fingerprint density at radius 1 is 1.26 bits per heavy atom. The van der Waals surface area contributed by atoms with Crippen molar-refractivity contribution in [2.75, 3.05) is 19.0 Å². The van der Waals surface area contributed by atoms with E-state index in [1.165, 1.54) is 11.0 Å². The maximum Gasteiger partial charge on any atom is 0.257 e. The van der Waals surface area contributed by atoms with Gasteiger partial charge in [0.2, 0.25) is 0 Å². The minimum atomic E-state index is -3.29. The molecule has 1 fully saturated rings. The summed E-state index contributed by atoms with van der Waals surface area (Å²) in [5.74, 6) is 1.35. The molecule has 1 aromatic heterocycles. The number of nitrogens with zero attached hydrogens (tertiary/aromatic N) is 3. The standard InChI is InChI=1S/C24H26N4O6S/c1-24(14-32-3)12-19-20(33-16-4-6-17(7-5-16)35(30,31)18-8-9-18)10-15(11-21(19)34-24)23(29)26-22-13-25-28(2)27-22/h4-7,10-11,13,18H,8-9,12,14H2,1-3H3,(H,26,27,29). The third-order valence-electron chi connectivity index (χ3n) is 5.97. The Morgan fingerprint density at radius 2 is 2.00 bits per heavy atom. The minimum Gasteiger partial charge on any atom is -0.484 e. The Labute approximate surface area is 203 Å². The Bertz CT molecular complexity index is 1380. The van der Waals surface area contributed by atoms with Gasteiger partial charge >= 0.3 is 0 Å². The molecule has 1 atom stereocenters. The van der Waals surface area contributed by atoms with Crippen LogP contribution in [0.3, 0.4) is 0 Å². The lowest BCUT2D eigenvalue weighted by atomic mass is 9.98. The Balaban J connectivity index is 1.45. The van der Waals surface area contributed by atoms with E-state index in [2.05, 4.69) is 15.5 Å². The van der Waals surface area contributed by atoms with Gasteiger partial charge in [0.25, 0.3) is 5.91 Å². The molecule has 35 heavy (non-hydrogen) atoms. The van der Waals surface area contributed by atoms with Gasteiger partial charge < -0.3 is 19.5 Å². The van der Waals surface area contributed by atoms with Crippen LogP contribution in [0.15, 0.2) is 47.5 Å². The van der Waals surface area contributed by atoms with E-state index in [0.717, 1.165) is 5.56 Å². The number of hydrogen-bond acceptors (Lipinski definition) is 8. The van der Waals surface area contributed by atoms with Crippen LogP contribution in [0, 0.1) is 0 Å². The molecule has 1 saturated carbocycles. The summed E-state index contributed by atoms with van der Waals surface area (Å²) in [6.45, 7) is 2.28. The highest BCUT2D eigenvalue weighted by Crippen LogP contribution is 2.43. The van der Waals surface area contributed by atoms with Crippen molar-refractivity contribution in [3.8, 4) is 17.2 Å². The molecule has 1 unspecified atom stereocenters. The number of rotatable bonds is 8. The van der Waals surface area contributed by atoms with Crippen molar-refractivity contribution < 1.29 is 27.4 Å². The van der Waals surface area contributed by atoms with E-state index in [-0.39, 0.29) is 10.1 Å². The van der Waals surface area contributed by atoms with Crippen molar-refractivity contribution in [2.24, 2.45) is 7.05 Å². The second kappa shape index (κ2) is 8.65. The molecule has 1 N–H and O–H groups in total. The molecular formula is C24H26N4O6S. The van der Waals surface area contributed by atoms with Gasteiger partial charge in [-0.3, -0.25) is 4.79 Å². The highest BCUT2D eigenvalue weighted by atomic mass is 32.2. The maximum absolute atomic E-state index is 12.9. The summed E-state index contributed by atoms with van der Waals surface area (Å²) in [5, 5.41) is 10.5. The Hall–Kier alpha value is -3.44. The molecule has 2 aliphatic rings. The second-order valence-electron chi connectivity index (χ2n) is 9.10. The van der Waals surface area contributed by atoms with Crippen LogP contribution < -0.4 is 14.8 Å². The molecule has 1 aliphatic carbocycles. The Kier molecular flexibility index (Phi) is 5.76. The lowest BCUT2D eigenvalue weighted by Gasteiger charge is -2.22. The normalized spacial score (nSPS) is 19.2. The lowest BCUT2D eigenvalue weighted by molar-refractivity contribution is 0.0204. The average molecular weight is 499 g/mol. The molecule has 5 rings (SSSR count). The fourth-order valence-electron chi connectivity index (χ4n) is 4.16. The molecule has 184 valence electrons. The number of anilines is 1. The fraction of sp³-hybridized carbons (Fsp3) is 0.375. The van der Waals surface area contributed by atoms with Gasteiger partial charge in [-0.25, -0.2) is 8.42 Å². The molecule has 1 amide bonds. The van der Waals surface area contributed by atoms with Gasteiger partial charge in [-0.1, -0.05) is 0 Å². The molecule has 0 saturated heterocycles. The van der Waals surface area contributed by atoms with Crippen LogP contribution in [0.1, 0.15) is 35.7 Å². The number of hydrogen-bond donors (Lipinski definition) is 1. The van der Waals surface area contributed by atoms with Crippen LogP contribution in [0.2, 0.25) is 0 Å². The van der Waals surface area contributed by atoms with E-state index < -0.39 is 21.3 Å². The summed E-state index contributed by atoms with van der Waals surface area (Å²) >= 11 is 0. The summed E-state index contributed by atoms with van der Waals surface area (Å²) in [6, 6.07) is 9.66. The summed E-state index contributed by atoms with van der Waals surface area (Å²) < 4.78 is 42.6. The first kappa shape index (κ1) is 23.3. The number of ether oxygens (including phenoxy) is 3. The molecule has 1 aliphatic heterocycles. The van der Waals surface area contributed by atoms with Gasteiger partial charge in [0.15, 0.2) is 15.7 Å². The first-order valence-corrected chi connectivity index (χ1v) is 12.8. The highest BCUT2D eigenvalue weighted by Gasteiger charge is 2.38. The van der Waals surface area contributed by atoms with Crippen LogP contribution in [0.25, 0.3) is 0 Å². The second-order valence-corrected chi connectivity index (χ2v) is 11.3. The highest BCUT2D eigenvalue weighted by molar-refractivity contribution is 7.92. The van der Waals surface area contributed by atoms with E-state index in [1.807, 2.05) is 6.92 Å². The van der Waals surface area contributed by atoms with Gasteiger partial charge in [-0.2, -0.15) is 9.90 Å². The predicted octanol–water partition coefficient (Wildman–Crippen LogP) is 3.14. The largest absolute Gasteiger partial charge is 0.484 e. The number of amides is 1. The first-order valence-electron chi connectivity index (χ1n) is 11.2. The molecule has 2 aromatic carbocycles. The first-order chi connectivity index (χ1) is 16.7. The van der Waals surface area contributed by atoms with Crippen molar-refractivity contribution in [3.05, 3.63) is 53.7 Å². The minimum absolute atomic E-state index is 0.280. The SMILES string of the molecule is COCC1(C)Cc2c(Oc3ccc(S(=O)(=O)C4CC4)cc3)cc(C(=O)Nc3cnn(C)n3)cc2O1. The number of sulfone groups is 1. The van der Waals surface area contributed by atoms with Crippen LogP contribution in [-0.4, -0.2) is 53.9 Å². The van der Waals surface area contributed by atoms with E-state index in [4.69, 9.17) is 14.2 Å². The topological polar surface area (TPSA) is 122 Å². The molecule has 0 spiro atoms. The molecule has 0 radical (unpaired) electrons. The van der Waals surface area contributed by atoms with Gasteiger partial charge in [0.1, 0.15) is 22.8 Å². The van der Waals surface area contributed by atoms with Crippen LogP contribution in [0.4, 0.5) is 5.82 Å². The van der Waals surface area contributed by atoms with Crippen molar-refractivity contribution >= 4 is 21.6 Å².